The van der Waals surface area contributed by atoms with E-state index in [1.54, 1.807) is 0 Å². The van der Waals surface area contributed by atoms with Gasteiger partial charge in [0.15, 0.2) is 0 Å². The van der Waals surface area contributed by atoms with Crippen LogP contribution in [0.2, 0.25) is 5.02 Å². The maximum atomic E-state index is 13.0. The molecule has 0 heterocycles. The third-order valence-electron chi connectivity index (χ3n) is 1.30. The molecule has 5 heteroatoms. The number of benzene rings is 1. The average molecular weight is 292 g/mol. The van der Waals surface area contributed by atoms with Crippen LogP contribution in [0.4, 0.5) is 4.39 Å². The Kier molecular flexibility index (Phi) is 3.65. The van der Waals surface area contributed by atoms with Crippen LogP contribution in [0, 0.1) is 5.82 Å². The molecular weight excluding hydrogens is 289 g/mol. The van der Waals surface area contributed by atoms with Crippen molar-refractivity contribution in [2.45, 2.75) is 4.84 Å². The molecule has 0 aliphatic carbocycles. The van der Waals surface area contributed by atoms with Crippen LogP contribution in [0.3, 0.4) is 0 Å². The van der Waals surface area contributed by atoms with Gasteiger partial charge in [-0.25, -0.2) is 4.39 Å². The zero-order valence-corrected chi connectivity index (χ0v) is 9.48. The summed E-state index contributed by atoms with van der Waals surface area (Å²) >= 11 is 19.8. The third-order valence-corrected chi connectivity index (χ3v) is 3.13. The first kappa shape index (κ1) is 10.6. The van der Waals surface area contributed by atoms with E-state index in [1.807, 2.05) is 0 Å². The fourth-order valence-corrected chi connectivity index (χ4v) is 2.15. The van der Waals surface area contributed by atoms with Crippen LogP contribution < -0.4 is 0 Å². The molecule has 0 radical (unpaired) electrons. The van der Waals surface area contributed by atoms with Crippen molar-refractivity contribution in [3.05, 3.63) is 33.0 Å². The Bertz CT molecular complexity index is 301. The minimum atomic E-state index is -0.918. The Morgan fingerprint density at radius 2 is 1.92 bits per heavy atom. The molecule has 1 aromatic rings. The normalized spacial score (nSPS) is 10.8. The molecule has 0 atom stereocenters. The SMILES string of the molecule is Fc1ccc(Cl)c(Br)c1C(Cl)Cl. The van der Waals surface area contributed by atoms with E-state index in [1.165, 1.54) is 12.1 Å². The van der Waals surface area contributed by atoms with Gasteiger partial charge < -0.3 is 0 Å². The minimum absolute atomic E-state index is 0.172. The number of alkyl halides is 2. The van der Waals surface area contributed by atoms with E-state index in [0.717, 1.165) is 0 Å². The van der Waals surface area contributed by atoms with Gasteiger partial charge in [-0.1, -0.05) is 34.8 Å². The molecule has 0 unspecified atom stereocenters. The summed E-state index contributed by atoms with van der Waals surface area (Å²) < 4.78 is 13.4. The maximum absolute atomic E-state index is 13.0. The molecule has 0 aliphatic rings. The number of halogens is 5. The molecule has 0 nitrogen and oxygen atoms in total. The zero-order valence-electron chi connectivity index (χ0n) is 5.62. The Labute approximate surface area is 92.7 Å². The van der Waals surface area contributed by atoms with Gasteiger partial charge in [0.05, 0.1) is 5.02 Å². The highest BCUT2D eigenvalue weighted by Gasteiger charge is 2.16. The quantitative estimate of drug-likeness (QED) is 0.519. The molecule has 0 aliphatic heterocycles. The second-order valence-electron chi connectivity index (χ2n) is 2.06. The molecule has 0 spiro atoms. The zero-order chi connectivity index (χ0) is 9.30. The van der Waals surface area contributed by atoms with Crippen molar-refractivity contribution in [2.75, 3.05) is 0 Å². The van der Waals surface area contributed by atoms with Crippen molar-refractivity contribution in [3.8, 4) is 0 Å². The molecule has 1 rings (SSSR count). The second-order valence-corrected chi connectivity index (χ2v) is 4.35. The fourth-order valence-electron chi connectivity index (χ4n) is 0.743. The molecule has 0 saturated heterocycles. The number of rotatable bonds is 1. The van der Waals surface area contributed by atoms with Gasteiger partial charge in [0.2, 0.25) is 0 Å². The lowest BCUT2D eigenvalue weighted by Gasteiger charge is -2.07. The van der Waals surface area contributed by atoms with Gasteiger partial charge in [-0.15, -0.1) is 0 Å². The predicted octanol–water partition coefficient (Wildman–Crippen LogP) is 4.72. The van der Waals surface area contributed by atoms with Crippen molar-refractivity contribution < 1.29 is 4.39 Å². The molecule has 0 saturated carbocycles. The van der Waals surface area contributed by atoms with E-state index in [0.29, 0.717) is 9.50 Å². The summed E-state index contributed by atoms with van der Waals surface area (Å²) in [7, 11) is 0. The van der Waals surface area contributed by atoms with Crippen LogP contribution in [0.15, 0.2) is 16.6 Å². The molecule has 0 fully saturated rings. The first-order valence-corrected chi connectivity index (χ1v) is 5.00. The van der Waals surface area contributed by atoms with E-state index < -0.39 is 10.7 Å². The van der Waals surface area contributed by atoms with Gasteiger partial charge >= 0.3 is 0 Å². The summed E-state index contributed by atoms with van der Waals surface area (Å²) in [6.45, 7) is 0. The molecular formula is C7H3BrCl3F. The highest BCUT2D eigenvalue weighted by molar-refractivity contribution is 9.10. The van der Waals surface area contributed by atoms with Gasteiger partial charge in [0.1, 0.15) is 10.7 Å². The fraction of sp³-hybridized carbons (Fsp3) is 0.143. The monoisotopic (exact) mass is 290 g/mol. The van der Waals surface area contributed by atoms with Gasteiger partial charge in [0, 0.05) is 10.0 Å². The Morgan fingerprint density at radius 1 is 1.33 bits per heavy atom. The van der Waals surface area contributed by atoms with Gasteiger partial charge in [-0.05, 0) is 28.1 Å². The molecule has 66 valence electrons. The van der Waals surface area contributed by atoms with E-state index in [4.69, 9.17) is 34.8 Å². The van der Waals surface area contributed by atoms with Gasteiger partial charge in [0.25, 0.3) is 0 Å². The van der Waals surface area contributed by atoms with E-state index in [9.17, 15) is 4.39 Å². The van der Waals surface area contributed by atoms with E-state index in [-0.39, 0.29) is 5.56 Å². The Hall–Kier alpha value is 0.500. The molecule has 0 bridgehead atoms. The lowest BCUT2D eigenvalue weighted by molar-refractivity contribution is 0.614. The van der Waals surface area contributed by atoms with Crippen molar-refractivity contribution in [1.29, 1.82) is 0 Å². The number of hydrogen-bond acceptors (Lipinski definition) is 0. The summed E-state index contributed by atoms with van der Waals surface area (Å²) in [5.41, 5.74) is 0.172. The van der Waals surface area contributed by atoms with Crippen molar-refractivity contribution in [2.24, 2.45) is 0 Å². The summed E-state index contributed by atoms with van der Waals surface area (Å²) in [5.74, 6) is -0.471. The van der Waals surface area contributed by atoms with Crippen LogP contribution in [-0.2, 0) is 0 Å². The van der Waals surface area contributed by atoms with Crippen LogP contribution >= 0.6 is 50.7 Å². The maximum Gasteiger partial charge on any atom is 0.136 e. The molecule has 0 N–H and O–H groups in total. The highest BCUT2D eigenvalue weighted by Crippen LogP contribution is 2.37. The number of hydrogen-bond donors (Lipinski definition) is 0. The lowest BCUT2D eigenvalue weighted by Crippen LogP contribution is -1.90. The van der Waals surface area contributed by atoms with E-state index >= 15 is 0 Å². The Balaban J connectivity index is 3.33. The minimum Gasteiger partial charge on any atom is -0.207 e. The standard InChI is InChI=1S/C7H3BrCl3F/c8-6-3(9)1-2-4(12)5(6)7(10)11/h1-2,7H. The van der Waals surface area contributed by atoms with Gasteiger partial charge in [-0.3, -0.25) is 0 Å². The third kappa shape index (κ3) is 2.05. The summed E-state index contributed by atoms with van der Waals surface area (Å²) in [5, 5.41) is 0.387. The van der Waals surface area contributed by atoms with Crippen molar-refractivity contribution >= 4 is 50.7 Å². The second kappa shape index (κ2) is 4.14. The van der Waals surface area contributed by atoms with E-state index in [2.05, 4.69) is 15.9 Å². The van der Waals surface area contributed by atoms with Crippen LogP contribution in [-0.4, -0.2) is 0 Å². The predicted molar refractivity (Wildman–Crippen MR) is 53.6 cm³/mol. The van der Waals surface area contributed by atoms with Crippen LogP contribution in [0.1, 0.15) is 10.4 Å². The van der Waals surface area contributed by atoms with Crippen molar-refractivity contribution in [3.63, 3.8) is 0 Å². The smallest absolute Gasteiger partial charge is 0.136 e. The Morgan fingerprint density at radius 3 is 2.33 bits per heavy atom. The van der Waals surface area contributed by atoms with Crippen LogP contribution in [0.5, 0.6) is 0 Å². The summed E-state index contributed by atoms with van der Waals surface area (Å²) in [6, 6.07) is 2.65. The summed E-state index contributed by atoms with van der Waals surface area (Å²) in [6.07, 6.45) is 0. The summed E-state index contributed by atoms with van der Waals surface area (Å²) in [4.78, 5) is -0.918. The largest absolute Gasteiger partial charge is 0.207 e. The molecule has 0 aromatic heterocycles. The topological polar surface area (TPSA) is 0 Å². The van der Waals surface area contributed by atoms with Gasteiger partial charge in [-0.2, -0.15) is 0 Å². The average Bonchev–Trinajstić information content (AvgIpc) is 1.97. The molecule has 0 amide bonds. The van der Waals surface area contributed by atoms with Crippen LogP contribution in [0.25, 0.3) is 0 Å². The first-order chi connectivity index (χ1) is 5.54. The first-order valence-electron chi connectivity index (χ1n) is 2.95. The lowest BCUT2D eigenvalue weighted by atomic mass is 10.2. The molecule has 1 aromatic carbocycles. The molecule has 12 heavy (non-hydrogen) atoms. The van der Waals surface area contributed by atoms with Crippen molar-refractivity contribution in [1.82, 2.24) is 0 Å². The highest BCUT2D eigenvalue weighted by atomic mass is 79.9.